The Bertz CT molecular complexity index is 1170. The molecule has 1 aromatic carbocycles. The van der Waals surface area contributed by atoms with E-state index in [2.05, 4.69) is 21.4 Å². The molecule has 0 fully saturated rings. The third-order valence-electron chi connectivity index (χ3n) is 4.29. The van der Waals surface area contributed by atoms with Crippen molar-refractivity contribution in [1.82, 2.24) is 19.9 Å². The first-order valence-electron chi connectivity index (χ1n) is 9.15. The molecule has 0 aliphatic heterocycles. The van der Waals surface area contributed by atoms with E-state index < -0.39 is 0 Å². The second-order valence-corrected chi connectivity index (χ2v) is 6.34. The van der Waals surface area contributed by atoms with E-state index in [1.54, 1.807) is 65.9 Å². The zero-order chi connectivity index (χ0) is 20.8. The van der Waals surface area contributed by atoms with Crippen molar-refractivity contribution < 1.29 is 13.9 Å². The Kier molecular flexibility index (Phi) is 5.53. The van der Waals surface area contributed by atoms with Gasteiger partial charge in [0.2, 0.25) is 0 Å². The van der Waals surface area contributed by atoms with Crippen LogP contribution in [0, 0.1) is 11.3 Å². The van der Waals surface area contributed by atoms with Gasteiger partial charge < -0.3 is 14.5 Å². The molecule has 0 aliphatic rings. The third-order valence-corrected chi connectivity index (χ3v) is 4.29. The number of furan rings is 1. The maximum Gasteiger partial charge on any atom is 0.287 e. The molecule has 1 N–H and O–H groups in total. The molecular weight excluding hydrogens is 382 g/mol. The topological polar surface area (TPSA) is 106 Å². The Hall–Kier alpha value is -4.38. The van der Waals surface area contributed by atoms with Crippen molar-refractivity contribution in [3.05, 3.63) is 96.1 Å². The highest BCUT2D eigenvalue weighted by Gasteiger charge is 2.12. The smallest absolute Gasteiger partial charge is 0.287 e. The molecule has 4 rings (SSSR count). The SMILES string of the molecule is N#Cc1ccccc1OCc1ccc(C(=O)NCc2ccc(-n3ccnc3)nc2)o1. The lowest BCUT2D eigenvalue weighted by molar-refractivity contribution is 0.0919. The molecule has 0 aliphatic carbocycles. The van der Waals surface area contributed by atoms with Crippen LogP contribution in [0.15, 0.2) is 77.9 Å². The van der Waals surface area contributed by atoms with Crippen molar-refractivity contribution in [3.63, 3.8) is 0 Å². The van der Waals surface area contributed by atoms with Crippen molar-refractivity contribution in [2.24, 2.45) is 0 Å². The normalized spacial score (nSPS) is 10.4. The van der Waals surface area contributed by atoms with E-state index in [9.17, 15) is 4.79 Å². The van der Waals surface area contributed by atoms with E-state index in [0.717, 1.165) is 11.4 Å². The minimum Gasteiger partial charge on any atom is -0.484 e. The minimum atomic E-state index is -0.336. The summed E-state index contributed by atoms with van der Waals surface area (Å²) in [6.07, 6.45) is 6.85. The van der Waals surface area contributed by atoms with Crippen LogP contribution in [0.1, 0.15) is 27.4 Å². The number of aromatic nitrogens is 3. The number of benzene rings is 1. The predicted octanol–water partition coefficient (Wildman–Crippen LogP) is 3.24. The van der Waals surface area contributed by atoms with Crippen LogP contribution in [0.2, 0.25) is 0 Å². The number of nitriles is 1. The van der Waals surface area contributed by atoms with Gasteiger partial charge in [-0.2, -0.15) is 5.26 Å². The lowest BCUT2D eigenvalue weighted by Gasteiger charge is -2.06. The fraction of sp³-hybridized carbons (Fsp3) is 0.0909. The van der Waals surface area contributed by atoms with Gasteiger partial charge in [0.25, 0.3) is 5.91 Å². The molecular formula is C22H17N5O3. The first-order valence-corrected chi connectivity index (χ1v) is 9.15. The molecule has 0 atom stereocenters. The number of nitrogens with zero attached hydrogens (tertiary/aromatic N) is 4. The number of imidazole rings is 1. The summed E-state index contributed by atoms with van der Waals surface area (Å²) in [5.41, 5.74) is 1.30. The average Bonchev–Trinajstić information content (AvgIpc) is 3.49. The number of rotatable bonds is 7. The van der Waals surface area contributed by atoms with Gasteiger partial charge in [0, 0.05) is 25.1 Å². The maximum atomic E-state index is 12.3. The monoisotopic (exact) mass is 399 g/mol. The van der Waals surface area contributed by atoms with E-state index in [1.165, 1.54) is 0 Å². The second-order valence-electron chi connectivity index (χ2n) is 6.34. The first kappa shape index (κ1) is 19.0. The highest BCUT2D eigenvalue weighted by molar-refractivity contribution is 5.91. The van der Waals surface area contributed by atoms with Gasteiger partial charge in [0.05, 0.1) is 5.56 Å². The number of ether oxygens (including phenoxy) is 1. The van der Waals surface area contributed by atoms with Gasteiger partial charge in [-0.3, -0.25) is 9.36 Å². The lowest BCUT2D eigenvalue weighted by Crippen LogP contribution is -2.22. The van der Waals surface area contributed by atoms with E-state index in [0.29, 0.717) is 23.6 Å². The highest BCUT2D eigenvalue weighted by Crippen LogP contribution is 2.19. The van der Waals surface area contributed by atoms with Gasteiger partial charge >= 0.3 is 0 Å². The molecule has 0 spiro atoms. The number of nitrogens with one attached hydrogen (secondary N) is 1. The van der Waals surface area contributed by atoms with E-state index in [1.807, 2.05) is 12.1 Å². The van der Waals surface area contributed by atoms with Crippen molar-refractivity contribution >= 4 is 5.91 Å². The van der Waals surface area contributed by atoms with Crippen LogP contribution in [-0.4, -0.2) is 20.4 Å². The van der Waals surface area contributed by atoms with Crippen molar-refractivity contribution in [2.45, 2.75) is 13.2 Å². The van der Waals surface area contributed by atoms with Crippen LogP contribution in [0.5, 0.6) is 5.75 Å². The summed E-state index contributed by atoms with van der Waals surface area (Å²) in [6.45, 7) is 0.434. The van der Waals surface area contributed by atoms with E-state index in [-0.39, 0.29) is 18.3 Å². The number of amides is 1. The summed E-state index contributed by atoms with van der Waals surface area (Å²) < 4.78 is 13.0. The summed E-state index contributed by atoms with van der Waals surface area (Å²) in [5.74, 6) is 1.55. The van der Waals surface area contributed by atoms with Crippen LogP contribution in [0.4, 0.5) is 0 Å². The molecule has 0 unspecified atom stereocenters. The number of hydrogen-bond donors (Lipinski definition) is 1. The molecule has 0 saturated heterocycles. The lowest BCUT2D eigenvalue weighted by atomic mass is 10.2. The largest absolute Gasteiger partial charge is 0.484 e. The Labute approximate surface area is 172 Å². The molecule has 0 radical (unpaired) electrons. The van der Waals surface area contributed by atoms with Gasteiger partial charge in [0.15, 0.2) is 5.76 Å². The molecule has 0 bridgehead atoms. The van der Waals surface area contributed by atoms with Gasteiger partial charge in [0.1, 0.15) is 36.3 Å². The Morgan fingerprint density at radius 2 is 2.10 bits per heavy atom. The summed E-state index contributed by atoms with van der Waals surface area (Å²) in [4.78, 5) is 20.7. The molecule has 4 aromatic rings. The molecule has 0 saturated carbocycles. The Morgan fingerprint density at radius 3 is 2.87 bits per heavy atom. The van der Waals surface area contributed by atoms with Crippen LogP contribution in [0.25, 0.3) is 5.82 Å². The molecule has 1 amide bonds. The molecule has 30 heavy (non-hydrogen) atoms. The maximum absolute atomic E-state index is 12.3. The standard InChI is InChI=1S/C22H17N5O3/c23-11-17-3-1-2-4-19(17)29-14-18-6-7-20(30-18)22(28)26-13-16-5-8-21(25-12-16)27-10-9-24-15-27/h1-10,12,15H,13-14H2,(H,26,28). The highest BCUT2D eigenvalue weighted by atomic mass is 16.5. The zero-order valence-corrected chi connectivity index (χ0v) is 15.9. The molecule has 148 valence electrons. The first-order chi connectivity index (χ1) is 14.7. The fourth-order valence-corrected chi connectivity index (χ4v) is 2.75. The van der Waals surface area contributed by atoms with E-state index in [4.69, 9.17) is 14.4 Å². The Morgan fingerprint density at radius 1 is 1.20 bits per heavy atom. The molecule has 8 nitrogen and oxygen atoms in total. The van der Waals surface area contributed by atoms with Crippen LogP contribution in [-0.2, 0) is 13.2 Å². The van der Waals surface area contributed by atoms with Crippen molar-refractivity contribution in [2.75, 3.05) is 0 Å². The fourth-order valence-electron chi connectivity index (χ4n) is 2.75. The van der Waals surface area contributed by atoms with E-state index >= 15 is 0 Å². The van der Waals surface area contributed by atoms with Crippen molar-refractivity contribution in [1.29, 1.82) is 5.26 Å². The van der Waals surface area contributed by atoms with Gasteiger partial charge in [-0.05, 0) is 35.9 Å². The van der Waals surface area contributed by atoms with Gasteiger partial charge in [-0.1, -0.05) is 18.2 Å². The third kappa shape index (κ3) is 4.36. The summed E-state index contributed by atoms with van der Waals surface area (Å²) in [7, 11) is 0. The van der Waals surface area contributed by atoms with Gasteiger partial charge in [-0.15, -0.1) is 0 Å². The second kappa shape index (κ2) is 8.75. The molecule has 3 aromatic heterocycles. The summed E-state index contributed by atoms with van der Waals surface area (Å²) in [6, 6.07) is 16.0. The Balaban J connectivity index is 1.31. The number of hydrogen-bond acceptors (Lipinski definition) is 6. The van der Waals surface area contributed by atoms with Gasteiger partial charge in [-0.25, -0.2) is 9.97 Å². The van der Waals surface area contributed by atoms with Crippen LogP contribution < -0.4 is 10.1 Å². The molecule has 8 heteroatoms. The zero-order valence-electron chi connectivity index (χ0n) is 15.9. The van der Waals surface area contributed by atoms with Crippen LogP contribution >= 0.6 is 0 Å². The number of carbonyl (C=O) groups excluding carboxylic acids is 1. The molecule has 3 heterocycles. The predicted molar refractivity (Wildman–Crippen MR) is 107 cm³/mol. The summed E-state index contributed by atoms with van der Waals surface area (Å²) >= 11 is 0. The van der Waals surface area contributed by atoms with Crippen molar-refractivity contribution in [3.8, 4) is 17.6 Å². The number of carbonyl (C=O) groups is 1. The quantitative estimate of drug-likeness (QED) is 0.511. The average molecular weight is 399 g/mol. The minimum absolute atomic E-state index is 0.117. The number of pyridine rings is 1. The van der Waals surface area contributed by atoms with Crippen LogP contribution in [0.3, 0.4) is 0 Å². The number of para-hydroxylation sites is 1. The summed E-state index contributed by atoms with van der Waals surface area (Å²) in [5, 5.41) is 11.9.